The SMILES string of the molecule is CC(Nc1nnc(C(C)(C)N)o1)c1ccc(Cl)cc1.Cl. The molecule has 0 saturated carbocycles. The summed E-state index contributed by atoms with van der Waals surface area (Å²) in [6.45, 7) is 5.63. The number of nitrogens with zero attached hydrogens (tertiary/aromatic N) is 2. The van der Waals surface area contributed by atoms with E-state index in [1.165, 1.54) is 0 Å². The van der Waals surface area contributed by atoms with Crippen molar-refractivity contribution >= 4 is 30.0 Å². The van der Waals surface area contributed by atoms with E-state index in [4.69, 9.17) is 21.8 Å². The van der Waals surface area contributed by atoms with Gasteiger partial charge in [-0.25, -0.2) is 0 Å². The second-order valence-electron chi connectivity index (χ2n) is 5.05. The fourth-order valence-electron chi connectivity index (χ4n) is 1.56. The van der Waals surface area contributed by atoms with Crippen molar-refractivity contribution in [2.24, 2.45) is 5.73 Å². The van der Waals surface area contributed by atoms with Gasteiger partial charge in [0.1, 0.15) is 0 Å². The summed E-state index contributed by atoms with van der Waals surface area (Å²) >= 11 is 5.85. The number of aromatic nitrogens is 2. The molecule has 0 spiro atoms. The van der Waals surface area contributed by atoms with Gasteiger partial charge in [0, 0.05) is 5.02 Å². The number of anilines is 1. The normalized spacial score (nSPS) is 12.7. The Morgan fingerprint density at radius 1 is 1.25 bits per heavy atom. The quantitative estimate of drug-likeness (QED) is 0.902. The highest BCUT2D eigenvalue weighted by atomic mass is 35.5. The molecule has 1 atom stereocenters. The number of benzene rings is 1. The molecule has 0 fully saturated rings. The summed E-state index contributed by atoms with van der Waals surface area (Å²) in [5.41, 5.74) is 6.33. The highest BCUT2D eigenvalue weighted by molar-refractivity contribution is 6.30. The molecule has 2 rings (SSSR count). The molecule has 0 amide bonds. The summed E-state index contributed by atoms with van der Waals surface area (Å²) in [5, 5.41) is 11.7. The van der Waals surface area contributed by atoms with Crippen LogP contribution in [0.1, 0.15) is 38.3 Å². The Labute approximate surface area is 129 Å². The van der Waals surface area contributed by atoms with Crippen LogP contribution in [0.2, 0.25) is 5.02 Å². The third kappa shape index (κ3) is 4.10. The van der Waals surface area contributed by atoms with Crippen LogP contribution >= 0.6 is 24.0 Å². The zero-order chi connectivity index (χ0) is 14.0. The smallest absolute Gasteiger partial charge is 0.316 e. The minimum absolute atomic E-state index is 0. The fourth-order valence-corrected chi connectivity index (χ4v) is 1.69. The average molecular weight is 317 g/mol. The van der Waals surface area contributed by atoms with Crippen LogP contribution in [0.3, 0.4) is 0 Å². The van der Waals surface area contributed by atoms with E-state index in [2.05, 4.69) is 15.5 Å². The molecule has 1 heterocycles. The van der Waals surface area contributed by atoms with Gasteiger partial charge in [0.25, 0.3) is 0 Å². The minimum Gasteiger partial charge on any atom is -0.406 e. The van der Waals surface area contributed by atoms with Gasteiger partial charge < -0.3 is 15.5 Å². The van der Waals surface area contributed by atoms with Crippen LogP contribution < -0.4 is 11.1 Å². The monoisotopic (exact) mass is 316 g/mol. The lowest BCUT2D eigenvalue weighted by Crippen LogP contribution is -2.29. The van der Waals surface area contributed by atoms with Crippen LogP contribution in [-0.2, 0) is 5.54 Å². The lowest BCUT2D eigenvalue weighted by Gasteiger charge is -2.13. The summed E-state index contributed by atoms with van der Waals surface area (Å²) in [7, 11) is 0. The van der Waals surface area contributed by atoms with Crippen LogP contribution in [0.4, 0.5) is 6.01 Å². The first kappa shape index (κ1) is 16.8. The fraction of sp³-hybridized carbons (Fsp3) is 0.385. The third-order valence-corrected chi connectivity index (χ3v) is 2.94. The summed E-state index contributed by atoms with van der Waals surface area (Å²) in [6.07, 6.45) is 0. The zero-order valence-corrected chi connectivity index (χ0v) is 13.1. The molecule has 1 unspecified atom stereocenters. The Morgan fingerprint density at radius 2 is 1.85 bits per heavy atom. The van der Waals surface area contributed by atoms with Crippen molar-refractivity contribution in [3.8, 4) is 0 Å². The number of hydrogen-bond acceptors (Lipinski definition) is 5. The Hall–Kier alpha value is -1.30. The van der Waals surface area contributed by atoms with E-state index in [-0.39, 0.29) is 18.4 Å². The first-order valence-electron chi connectivity index (χ1n) is 6.01. The Kier molecular flexibility index (Phi) is 5.39. The number of nitrogens with one attached hydrogen (secondary N) is 1. The van der Waals surface area contributed by atoms with Gasteiger partial charge >= 0.3 is 6.01 Å². The van der Waals surface area contributed by atoms with Gasteiger partial charge in [0.2, 0.25) is 5.89 Å². The topological polar surface area (TPSA) is 77.0 Å². The summed E-state index contributed by atoms with van der Waals surface area (Å²) < 4.78 is 5.48. The van der Waals surface area contributed by atoms with Crippen molar-refractivity contribution < 1.29 is 4.42 Å². The first-order chi connectivity index (χ1) is 8.86. The molecular weight excluding hydrogens is 299 g/mol. The van der Waals surface area contributed by atoms with Crippen LogP contribution in [0, 0.1) is 0 Å². The molecule has 0 saturated heterocycles. The van der Waals surface area contributed by atoms with Gasteiger partial charge in [0.15, 0.2) is 0 Å². The lowest BCUT2D eigenvalue weighted by atomic mass is 10.1. The lowest BCUT2D eigenvalue weighted by molar-refractivity contribution is 0.383. The van der Waals surface area contributed by atoms with Crippen LogP contribution in [0.25, 0.3) is 0 Å². The van der Waals surface area contributed by atoms with E-state index >= 15 is 0 Å². The standard InChI is InChI=1S/C13H17ClN4O.ClH/c1-8(9-4-6-10(14)7-5-9)16-12-18-17-11(19-12)13(2,3)15;/h4-8H,15H2,1-3H3,(H,16,18);1H. The maximum atomic E-state index is 5.89. The molecule has 0 aliphatic heterocycles. The van der Waals surface area contributed by atoms with Gasteiger partial charge in [-0.1, -0.05) is 28.8 Å². The molecular formula is C13H18Cl2N4O. The summed E-state index contributed by atoms with van der Waals surface area (Å²) in [5.74, 6) is 0.401. The van der Waals surface area contributed by atoms with E-state index < -0.39 is 5.54 Å². The van der Waals surface area contributed by atoms with E-state index in [1.807, 2.05) is 45.0 Å². The molecule has 110 valence electrons. The second-order valence-corrected chi connectivity index (χ2v) is 5.49. The predicted molar refractivity (Wildman–Crippen MR) is 82.2 cm³/mol. The van der Waals surface area contributed by atoms with Crippen LogP contribution in [0.15, 0.2) is 28.7 Å². The molecule has 3 N–H and O–H groups in total. The third-order valence-electron chi connectivity index (χ3n) is 2.69. The minimum atomic E-state index is -0.642. The highest BCUT2D eigenvalue weighted by Gasteiger charge is 2.22. The molecule has 0 bridgehead atoms. The number of hydrogen-bond donors (Lipinski definition) is 2. The first-order valence-corrected chi connectivity index (χ1v) is 6.39. The van der Waals surface area contributed by atoms with E-state index in [1.54, 1.807) is 0 Å². The van der Waals surface area contributed by atoms with Gasteiger partial charge in [-0.3, -0.25) is 0 Å². The number of halogens is 2. The zero-order valence-electron chi connectivity index (χ0n) is 11.6. The Bertz CT molecular complexity index is 548. The van der Waals surface area contributed by atoms with Crippen molar-refractivity contribution in [2.45, 2.75) is 32.4 Å². The molecule has 1 aromatic heterocycles. The van der Waals surface area contributed by atoms with Crippen molar-refractivity contribution in [3.05, 3.63) is 40.7 Å². The Morgan fingerprint density at radius 3 is 2.35 bits per heavy atom. The van der Waals surface area contributed by atoms with Crippen molar-refractivity contribution in [2.75, 3.05) is 5.32 Å². The molecule has 0 radical (unpaired) electrons. The van der Waals surface area contributed by atoms with Gasteiger partial charge in [-0.05, 0) is 38.5 Å². The Balaban J connectivity index is 0.00000200. The van der Waals surface area contributed by atoms with Crippen LogP contribution in [-0.4, -0.2) is 10.2 Å². The largest absolute Gasteiger partial charge is 0.406 e. The summed E-state index contributed by atoms with van der Waals surface area (Å²) in [4.78, 5) is 0. The molecule has 7 heteroatoms. The van der Waals surface area contributed by atoms with Gasteiger partial charge in [-0.15, -0.1) is 17.5 Å². The predicted octanol–water partition coefficient (Wildman–Crippen LogP) is 3.51. The maximum Gasteiger partial charge on any atom is 0.316 e. The summed E-state index contributed by atoms with van der Waals surface area (Å²) in [6, 6.07) is 7.98. The van der Waals surface area contributed by atoms with E-state index in [0.717, 1.165) is 5.56 Å². The van der Waals surface area contributed by atoms with E-state index in [0.29, 0.717) is 16.9 Å². The second kappa shape index (κ2) is 6.43. The molecule has 0 aliphatic carbocycles. The molecule has 2 aromatic rings. The molecule has 0 aliphatic rings. The van der Waals surface area contributed by atoms with Crippen molar-refractivity contribution in [1.29, 1.82) is 0 Å². The van der Waals surface area contributed by atoms with Crippen molar-refractivity contribution in [3.63, 3.8) is 0 Å². The molecule has 20 heavy (non-hydrogen) atoms. The molecule has 5 nitrogen and oxygen atoms in total. The van der Waals surface area contributed by atoms with Crippen molar-refractivity contribution in [1.82, 2.24) is 10.2 Å². The average Bonchev–Trinajstić information content (AvgIpc) is 2.78. The number of nitrogens with two attached hydrogens (primary N) is 1. The maximum absolute atomic E-state index is 5.89. The van der Waals surface area contributed by atoms with Gasteiger partial charge in [-0.2, -0.15) is 0 Å². The highest BCUT2D eigenvalue weighted by Crippen LogP contribution is 2.22. The number of rotatable bonds is 4. The van der Waals surface area contributed by atoms with Crippen LogP contribution in [0.5, 0.6) is 0 Å². The van der Waals surface area contributed by atoms with Gasteiger partial charge in [0.05, 0.1) is 11.6 Å². The van der Waals surface area contributed by atoms with E-state index in [9.17, 15) is 0 Å². The molecule has 1 aromatic carbocycles.